The average molecular weight is 279 g/mol. The topological polar surface area (TPSA) is 38.9 Å². The van der Waals surface area contributed by atoms with Gasteiger partial charge in [0.25, 0.3) is 0 Å². The standard InChI is InChI=1S/C13H15BrN2/c1-9-10(3-2-6-15)7-11-8-12(14)4-5-13(11)16-9/h4-5,7-8H,2-3,6,15H2,1H3. The first kappa shape index (κ1) is 11.6. The molecule has 0 radical (unpaired) electrons. The fourth-order valence-corrected chi connectivity index (χ4v) is 2.21. The summed E-state index contributed by atoms with van der Waals surface area (Å²) in [5.41, 5.74) is 9.00. The number of benzene rings is 1. The number of pyridine rings is 1. The summed E-state index contributed by atoms with van der Waals surface area (Å²) in [6.45, 7) is 2.79. The summed E-state index contributed by atoms with van der Waals surface area (Å²) < 4.78 is 1.09. The molecule has 2 nitrogen and oxygen atoms in total. The van der Waals surface area contributed by atoms with Crippen molar-refractivity contribution >= 4 is 26.8 Å². The van der Waals surface area contributed by atoms with E-state index in [1.54, 1.807) is 0 Å². The third kappa shape index (κ3) is 2.42. The average Bonchev–Trinajstić information content (AvgIpc) is 2.27. The molecule has 84 valence electrons. The fraction of sp³-hybridized carbons (Fsp3) is 0.308. The minimum Gasteiger partial charge on any atom is -0.330 e. The number of nitrogens with two attached hydrogens (primary N) is 1. The highest BCUT2D eigenvalue weighted by Crippen LogP contribution is 2.21. The molecule has 0 bridgehead atoms. The van der Waals surface area contributed by atoms with Gasteiger partial charge >= 0.3 is 0 Å². The molecule has 0 unspecified atom stereocenters. The molecule has 3 heteroatoms. The summed E-state index contributed by atoms with van der Waals surface area (Å²) in [4.78, 5) is 4.61. The van der Waals surface area contributed by atoms with Crippen molar-refractivity contribution in [2.45, 2.75) is 19.8 Å². The lowest BCUT2D eigenvalue weighted by atomic mass is 10.1. The molecule has 0 fully saturated rings. The quantitative estimate of drug-likeness (QED) is 0.937. The van der Waals surface area contributed by atoms with Gasteiger partial charge in [0.15, 0.2) is 0 Å². The zero-order chi connectivity index (χ0) is 11.5. The van der Waals surface area contributed by atoms with E-state index in [1.807, 2.05) is 12.1 Å². The Labute approximate surface area is 104 Å². The lowest BCUT2D eigenvalue weighted by Crippen LogP contribution is -2.02. The maximum atomic E-state index is 5.54. The molecule has 0 saturated heterocycles. The third-order valence-electron chi connectivity index (χ3n) is 2.72. The maximum absolute atomic E-state index is 5.54. The molecular weight excluding hydrogens is 264 g/mol. The van der Waals surface area contributed by atoms with Crippen molar-refractivity contribution in [3.63, 3.8) is 0 Å². The zero-order valence-electron chi connectivity index (χ0n) is 9.33. The molecule has 2 aromatic rings. The van der Waals surface area contributed by atoms with Crippen LogP contribution in [0.4, 0.5) is 0 Å². The minimum absolute atomic E-state index is 0.732. The van der Waals surface area contributed by atoms with E-state index in [0.29, 0.717) is 0 Å². The summed E-state index contributed by atoms with van der Waals surface area (Å²) in [6.07, 6.45) is 2.03. The molecule has 0 saturated carbocycles. The van der Waals surface area contributed by atoms with Gasteiger partial charge in [0, 0.05) is 15.6 Å². The normalized spacial score (nSPS) is 10.9. The molecule has 1 heterocycles. The predicted octanol–water partition coefficient (Wildman–Crippen LogP) is 3.20. The van der Waals surface area contributed by atoms with Crippen molar-refractivity contribution in [1.29, 1.82) is 0 Å². The summed E-state index contributed by atoms with van der Waals surface area (Å²) >= 11 is 3.48. The van der Waals surface area contributed by atoms with Crippen LogP contribution >= 0.6 is 15.9 Å². The number of rotatable bonds is 3. The highest BCUT2D eigenvalue weighted by molar-refractivity contribution is 9.10. The van der Waals surface area contributed by atoms with Crippen molar-refractivity contribution < 1.29 is 0 Å². The van der Waals surface area contributed by atoms with E-state index >= 15 is 0 Å². The fourth-order valence-electron chi connectivity index (χ4n) is 1.83. The van der Waals surface area contributed by atoms with Gasteiger partial charge in [-0.1, -0.05) is 15.9 Å². The first-order chi connectivity index (χ1) is 7.70. The molecule has 1 aromatic heterocycles. The highest BCUT2D eigenvalue weighted by atomic mass is 79.9. The Morgan fingerprint density at radius 3 is 2.88 bits per heavy atom. The van der Waals surface area contributed by atoms with Gasteiger partial charge in [-0.05, 0) is 56.1 Å². The van der Waals surface area contributed by atoms with Gasteiger partial charge in [0.05, 0.1) is 5.52 Å². The summed E-state index contributed by atoms with van der Waals surface area (Å²) in [5.74, 6) is 0. The van der Waals surface area contributed by atoms with Crippen molar-refractivity contribution in [2.75, 3.05) is 6.54 Å². The molecule has 16 heavy (non-hydrogen) atoms. The maximum Gasteiger partial charge on any atom is 0.0706 e. The van der Waals surface area contributed by atoms with E-state index in [1.165, 1.54) is 10.9 Å². The van der Waals surface area contributed by atoms with E-state index in [0.717, 1.165) is 35.1 Å². The smallest absolute Gasteiger partial charge is 0.0706 e. The molecule has 2 N–H and O–H groups in total. The van der Waals surface area contributed by atoms with Crippen LogP contribution in [-0.2, 0) is 6.42 Å². The van der Waals surface area contributed by atoms with Crippen LogP contribution in [0, 0.1) is 6.92 Å². The number of nitrogens with zero attached hydrogens (tertiary/aromatic N) is 1. The Kier molecular flexibility index (Phi) is 3.56. The van der Waals surface area contributed by atoms with E-state index < -0.39 is 0 Å². The minimum atomic E-state index is 0.732. The van der Waals surface area contributed by atoms with Gasteiger partial charge in [0.1, 0.15) is 0 Å². The number of fused-ring (bicyclic) bond motifs is 1. The zero-order valence-corrected chi connectivity index (χ0v) is 10.9. The van der Waals surface area contributed by atoms with E-state index in [2.05, 4.69) is 40.0 Å². The highest BCUT2D eigenvalue weighted by Gasteiger charge is 2.03. The third-order valence-corrected chi connectivity index (χ3v) is 3.22. The van der Waals surface area contributed by atoms with E-state index in [-0.39, 0.29) is 0 Å². The molecule has 0 spiro atoms. The molecule has 2 rings (SSSR count). The van der Waals surface area contributed by atoms with Crippen LogP contribution in [0.25, 0.3) is 10.9 Å². The van der Waals surface area contributed by atoms with Crippen LogP contribution in [0.2, 0.25) is 0 Å². The van der Waals surface area contributed by atoms with Crippen molar-refractivity contribution in [3.8, 4) is 0 Å². The molecule has 0 atom stereocenters. The van der Waals surface area contributed by atoms with Gasteiger partial charge in [-0.3, -0.25) is 4.98 Å². The van der Waals surface area contributed by atoms with Crippen molar-refractivity contribution in [2.24, 2.45) is 5.73 Å². The second kappa shape index (κ2) is 4.93. The Hall–Kier alpha value is -0.930. The van der Waals surface area contributed by atoms with Crippen LogP contribution < -0.4 is 5.73 Å². The van der Waals surface area contributed by atoms with Gasteiger partial charge in [-0.2, -0.15) is 0 Å². The van der Waals surface area contributed by atoms with Gasteiger partial charge < -0.3 is 5.73 Å². The Morgan fingerprint density at radius 2 is 2.12 bits per heavy atom. The first-order valence-electron chi connectivity index (χ1n) is 5.46. The first-order valence-corrected chi connectivity index (χ1v) is 6.26. The second-order valence-electron chi connectivity index (χ2n) is 3.96. The Balaban J connectivity index is 2.46. The van der Waals surface area contributed by atoms with Crippen LogP contribution in [0.15, 0.2) is 28.7 Å². The van der Waals surface area contributed by atoms with Gasteiger partial charge in [-0.25, -0.2) is 0 Å². The molecular formula is C13H15BrN2. The molecule has 0 aliphatic carbocycles. The van der Waals surface area contributed by atoms with Gasteiger partial charge in [0.2, 0.25) is 0 Å². The summed E-state index contributed by atoms with van der Waals surface area (Å²) in [5, 5.41) is 1.19. The van der Waals surface area contributed by atoms with Gasteiger partial charge in [-0.15, -0.1) is 0 Å². The molecule has 0 aliphatic rings. The van der Waals surface area contributed by atoms with Crippen LogP contribution in [0.5, 0.6) is 0 Å². The SMILES string of the molecule is Cc1nc2ccc(Br)cc2cc1CCCN. The lowest BCUT2D eigenvalue weighted by molar-refractivity contribution is 0.824. The lowest BCUT2D eigenvalue weighted by Gasteiger charge is -2.07. The van der Waals surface area contributed by atoms with Crippen LogP contribution in [0.1, 0.15) is 17.7 Å². The van der Waals surface area contributed by atoms with Crippen LogP contribution in [-0.4, -0.2) is 11.5 Å². The molecule has 0 aliphatic heterocycles. The summed E-state index contributed by atoms with van der Waals surface area (Å²) in [6, 6.07) is 8.39. The summed E-state index contributed by atoms with van der Waals surface area (Å²) in [7, 11) is 0. The second-order valence-corrected chi connectivity index (χ2v) is 4.88. The Morgan fingerprint density at radius 1 is 1.31 bits per heavy atom. The van der Waals surface area contributed by atoms with E-state index in [4.69, 9.17) is 5.73 Å². The van der Waals surface area contributed by atoms with Crippen LogP contribution in [0.3, 0.4) is 0 Å². The van der Waals surface area contributed by atoms with Crippen molar-refractivity contribution in [3.05, 3.63) is 40.0 Å². The largest absolute Gasteiger partial charge is 0.330 e. The predicted molar refractivity (Wildman–Crippen MR) is 71.6 cm³/mol. The number of halogens is 1. The number of hydrogen-bond acceptors (Lipinski definition) is 2. The molecule has 0 amide bonds. The number of aromatic nitrogens is 1. The molecule has 1 aromatic carbocycles. The number of aryl methyl sites for hydroxylation is 2. The van der Waals surface area contributed by atoms with E-state index in [9.17, 15) is 0 Å². The number of hydrogen-bond donors (Lipinski definition) is 1. The Bertz CT molecular complexity index is 509. The van der Waals surface area contributed by atoms with Crippen molar-refractivity contribution in [1.82, 2.24) is 4.98 Å². The monoisotopic (exact) mass is 278 g/mol.